The van der Waals surface area contributed by atoms with Gasteiger partial charge in [0, 0.05) is 31.3 Å². The molecule has 0 saturated carbocycles. The molecule has 2 rings (SSSR count). The molecular formula is C15H22ClNOS. The Balaban J connectivity index is 1.94. The van der Waals surface area contributed by atoms with Crippen molar-refractivity contribution in [3.63, 3.8) is 0 Å². The molecule has 106 valence electrons. The number of hydrogen-bond acceptors (Lipinski definition) is 3. The van der Waals surface area contributed by atoms with Gasteiger partial charge < -0.3 is 9.64 Å². The van der Waals surface area contributed by atoms with Crippen LogP contribution in [0, 0.1) is 5.41 Å². The summed E-state index contributed by atoms with van der Waals surface area (Å²) in [6.45, 7) is 3.72. The van der Waals surface area contributed by atoms with Gasteiger partial charge in [0.05, 0.1) is 0 Å². The average Bonchev–Trinajstić information content (AvgIpc) is 2.39. The first kappa shape index (κ1) is 15.2. The summed E-state index contributed by atoms with van der Waals surface area (Å²) in [6.07, 6.45) is 2.22. The van der Waals surface area contributed by atoms with E-state index in [1.165, 1.54) is 5.56 Å². The second kappa shape index (κ2) is 6.98. The number of halogens is 1. The van der Waals surface area contributed by atoms with Crippen molar-refractivity contribution in [2.75, 3.05) is 32.6 Å². The van der Waals surface area contributed by atoms with E-state index < -0.39 is 0 Å². The largest absolute Gasteiger partial charge is 0.381 e. The van der Waals surface area contributed by atoms with Crippen LogP contribution in [0.25, 0.3) is 0 Å². The maximum atomic E-state index is 6.03. The van der Waals surface area contributed by atoms with Gasteiger partial charge in [-0.2, -0.15) is 12.6 Å². The molecule has 1 aliphatic rings. The van der Waals surface area contributed by atoms with Crippen molar-refractivity contribution >= 4 is 24.2 Å². The van der Waals surface area contributed by atoms with Crippen molar-refractivity contribution in [1.29, 1.82) is 0 Å². The Bertz CT molecular complexity index is 407. The Morgan fingerprint density at radius 2 is 2.11 bits per heavy atom. The fraction of sp³-hybridized carbons (Fsp3) is 0.600. The number of hydrogen-bond donors (Lipinski definition) is 1. The van der Waals surface area contributed by atoms with E-state index in [0.717, 1.165) is 49.9 Å². The molecule has 2 nitrogen and oxygen atoms in total. The lowest BCUT2D eigenvalue weighted by Gasteiger charge is -2.39. The van der Waals surface area contributed by atoms with E-state index in [9.17, 15) is 0 Å². The maximum absolute atomic E-state index is 6.03. The van der Waals surface area contributed by atoms with Crippen molar-refractivity contribution in [2.45, 2.75) is 19.4 Å². The molecule has 19 heavy (non-hydrogen) atoms. The van der Waals surface area contributed by atoms with Crippen molar-refractivity contribution < 1.29 is 4.74 Å². The molecule has 0 N–H and O–H groups in total. The highest BCUT2D eigenvalue weighted by Gasteiger charge is 2.32. The Morgan fingerprint density at radius 3 is 2.74 bits per heavy atom. The molecule has 0 radical (unpaired) electrons. The van der Waals surface area contributed by atoms with Crippen molar-refractivity contribution in [1.82, 2.24) is 4.90 Å². The summed E-state index contributed by atoms with van der Waals surface area (Å²) in [5, 5.41) is 0.806. The van der Waals surface area contributed by atoms with Crippen LogP contribution < -0.4 is 0 Å². The molecule has 0 aromatic heterocycles. The van der Waals surface area contributed by atoms with Crippen LogP contribution in [-0.2, 0) is 11.3 Å². The zero-order valence-electron chi connectivity index (χ0n) is 11.4. The zero-order chi connectivity index (χ0) is 13.7. The minimum Gasteiger partial charge on any atom is -0.381 e. The van der Waals surface area contributed by atoms with Crippen LogP contribution in [0.15, 0.2) is 24.3 Å². The second-order valence-corrected chi connectivity index (χ2v) is 6.33. The molecule has 0 unspecified atom stereocenters. The Hall–Kier alpha value is -0.220. The highest BCUT2D eigenvalue weighted by Crippen LogP contribution is 2.32. The van der Waals surface area contributed by atoms with Crippen LogP contribution in [0.4, 0.5) is 0 Å². The first-order chi connectivity index (χ1) is 9.13. The van der Waals surface area contributed by atoms with Gasteiger partial charge in [0.2, 0.25) is 0 Å². The summed E-state index contributed by atoms with van der Waals surface area (Å²) >= 11 is 10.6. The molecule has 0 aliphatic carbocycles. The molecule has 0 bridgehead atoms. The third-order valence-electron chi connectivity index (χ3n) is 3.84. The highest BCUT2D eigenvalue weighted by molar-refractivity contribution is 7.80. The molecule has 1 aromatic rings. The van der Waals surface area contributed by atoms with Gasteiger partial charge in [0.25, 0.3) is 0 Å². The average molecular weight is 300 g/mol. The van der Waals surface area contributed by atoms with E-state index in [1.807, 2.05) is 18.2 Å². The van der Waals surface area contributed by atoms with Gasteiger partial charge in [-0.3, -0.25) is 0 Å². The molecule has 0 spiro atoms. The summed E-state index contributed by atoms with van der Waals surface area (Å²) in [5.41, 5.74) is 1.56. The van der Waals surface area contributed by atoms with E-state index in [1.54, 1.807) is 0 Å². The second-order valence-electron chi connectivity index (χ2n) is 5.57. The standard InChI is InChI=1S/C15H22ClNOS/c1-17(10-13-3-2-4-14(16)9-13)11-15(12-19)5-7-18-8-6-15/h2-4,9,19H,5-8,10-12H2,1H3. The smallest absolute Gasteiger partial charge is 0.0472 e. The van der Waals surface area contributed by atoms with Crippen molar-refractivity contribution in [3.8, 4) is 0 Å². The van der Waals surface area contributed by atoms with Gasteiger partial charge in [-0.25, -0.2) is 0 Å². The number of benzene rings is 1. The fourth-order valence-corrected chi connectivity index (χ4v) is 3.38. The lowest BCUT2D eigenvalue weighted by Crippen LogP contribution is -2.41. The molecule has 1 fully saturated rings. The van der Waals surface area contributed by atoms with Crippen LogP contribution in [0.2, 0.25) is 5.02 Å². The van der Waals surface area contributed by atoms with Gasteiger partial charge in [0.1, 0.15) is 0 Å². The molecule has 1 aliphatic heterocycles. The first-order valence-corrected chi connectivity index (χ1v) is 7.76. The number of rotatable bonds is 5. The third-order valence-corrected chi connectivity index (χ3v) is 4.74. The lowest BCUT2D eigenvalue weighted by atomic mass is 9.81. The van der Waals surface area contributed by atoms with Gasteiger partial charge in [0.15, 0.2) is 0 Å². The summed E-state index contributed by atoms with van der Waals surface area (Å²) in [5.74, 6) is 0.927. The van der Waals surface area contributed by atoms with E-state index in [0.29, 0.717) is 5.41 Å². The highest BCUT2D eigenvalue weighted by atomic mass is 35.5. The van der Waals surface area contributed by atoms with Crippen molar-refractivity contribution in [3.05, 3.63) is 34.9 Å². The van der Waals surface area contributed by atoms with Crippen LogP contribution in [-0.4, -0.2) is 37.5 Å². The molecule has 4 heteroatoms. The van der Waals surface area contributed by atoms with E-state index >= 15 is 0 Å². The van der Waals surface area contributed by atoms with Crippen LogP contribution in [0.1, 0.15) is 18.4 Å². The summed E-state index contributed by atoms with van der Waals surface area (Å²) in [6, 6.07) is 8.09. The topological polar surface area (TPSA) is 12.5 Å². The molecule has 1 saturated heterocycles. The summed E-state index contributed by atoms with van der Waals surface area (Å²) in [4.78, 5) is 2.37. The van der Waals surface area contributed by atoms with Gasteiger partial charge >= 0.3 is 0 Å². The molecule has 1 heterocycles. The van der Waals surface area contributed by atoms with Gasteiger partial charge in [-0.15, -0.1) is 0 Å². The number of ether oxygens (including phenoxy) is 1. The SMILES string of the molecule is CN(Cc1cccc(Cl)c1)CC1(CS)CCOCC1. The minimum absolute atomic E-state index is 0.300. The molecule has 0 atom stereocenters. The van der Waals surface area contributed by atoms with Crippen LogP contribution in [0.3, 0.4) is 0 Å². The monoisotopic (exact) mass is 299 g/mol. The Labute approximate surface area is 126 Å². The maximum Gasteiger partial charge on any atom is 0.0472 e. The van der Waals surface area contributed by atoms with Crippen molar-refractivity contribution in [2.24, 2.45) is 5.41 Å². The molecule has 0 amide bonds. The summed E-state index contributed by atoms with van der Waals surface area (Å²) < 4.78 is 5.47. The molecular weight excluding hydrogens is 278 g/mol. The zero-order valence-corrected chi connectivity index (χ0v) is 13.1. The van der Waals surface area contributed by atoms with E-state index in [4.69, 9.17) is 16.3 Å². The Kier molecular flexibility index (Phi) is 5.58. The fourth-order valence-electron chi connectivity index (χ4n) is 2.75. The van der Waals surface area contributed by atoms with E-state index in [2.05, 4.69) is 30.6 Å². The number of nitrogens with zero attached hydrogens (tertiary/aromatic N) is 1. The number of thiol groups is 1. The first-order valence-electron chi connectivity index (χ1n) is 6.75. The van der Waals surface area contributed by atoms with Gasteiger partial charge in [-0.1, -0.05) is 23.7 Å². The Morgan fingerprint density at radius 1 is 1.37 bits per heavy atom. The lowest BCUT2D eigenvalue weighted by molar-refractivity contribution is 0.0105. The predicted octanol–water partition coefficient (Wildman–Crippen LogP) is 3.50. The third kappa shape index (κ3) is 4.38. The van der Waals surface area contributed by atoms with Crippen LogP contribution in [0.5, 0.6) is 0 Å². The van der Waals surface area contributed by atoms with Crippen LogP contribution >= 0.6 is 24.2 Å². The summed E-state index contributed by atoms with van der Waals surface area (Å²) in [7, 11) is 2.17. The van der Waals surface area contributed by atoms with Gasteiger partial charge in [-0.05, 0) is 48.8 Å². The predicted molar refractivity (Wildman–Crippen MR) is 84.1 cm³/mol. The molecule has 1 aromatic carbocycles. The minimum atomic E-state index is 0.300. The quantitative estimate of drug-likeness (QED) is 0.836. The van der Waals surface area contributed by atoms with E-state index in [-0.39, 0.29) is 0 Å². The normalized spacial score (nSPS) is 18.7.